The number of benzene rings is 1. The Hall–Kier alpha value is -1.26. The maximum Gasteiger partial charge on any atom is 0.339 e. The summed E-state index contributed by atoms with van der Waals surface area (Å²) in [5.74, 6) is 3.98. The lowest BCUT2D eigenvalue weighted by Crippen LogP contribution is -2.12. The van der Waals surface area contributed by atoms with Crippen molar-refractivity contribution in [2.45, 2.75) is 0 Å². The topological polar surface area (TPSA) is 75.3 Å². The van der Waals surface area contributed by atoms with E-state index in [2.05, 4.69) is 5.43 Å². The molecule has 0 aromatic heterocycles. The fraction of sp³-hybridized carbons (Fsp3) is 0. The number of carboxylic acids is 1. The van der Waals surface area contributed by atoms with Gasteiger partial charge in [-0.05, 0) is 12.1 Å². The first-order valence-corrected chi connectivity index (χ1v) is 3.53. The van der Waals surface area contributed by atoms with E-state index in [1.807, 2.05) is 0 Å². The third-order valence-corrected chi connectivity index (χ3v) is 1.70. The molecule has 0 saturated carbocycles. The van der Waals surface area contributed by atoms with Crippen molar-refractivity contribution in [3.63, 3.8) is 0 Å². The molecule has 1 aromatic rings. The molecule has 1 rings (SSSR count). The van der Waals surface area contributed by atoms with Crippen LogP contribution in [0.4, 0.5) is 5.69 Å². The number of nitrogens with one attached hydrogen (secondary N) is 1. The van der Waals surface area contributed by atoms with Gasteiger partial charge < -0.3 is 10.5 Å². The van der Waals surface area contributed by atoms with E-state index in [4.69, 9.17) is 22.6 Å². The zero-order chi connectivity index (χ0) is 9.14. The van der Waals surface area contributed by atoms with Crippen LogP contribution in [0.15, 0.2) is 18.2 Å². The van der Waals surface area contributed by atoms with E-state index in [9.17, 15) is 4.79 Å². The zero-order valence-corrected chi connectivity index (χ0v) is 6.80. The minimum atomic E-state index is -1.10. The number of carboxylic acid groups (broad SMARTS) is 1. The second kappa shape index (κ2) is 3.42. The van der Waals surface area contributed by atoms with Crippen LogP contribution in [0, 0.1) is 0 Å². The molecule has 0 amide bonds. The fourth-order valence-corrected chi connectivity index (χ4v) is 1.12. The van der Waals surface area contributed by atoms with E-state index < -0.39 is 5.97 Å². The Morgan fingerprint density at radius 3 is 2.67 bits per heavy atom. The second-order valence-corrected chi connectivity index (χ2v) is 2.52. The lowest BCUT2D eigenvalue weighted by atomic mass is 10.2. The Balaban J connectivity index is 3.29. The molecule has 0 aliphatic carbocycles. The van der Waals surface area contributed by atoms with Gasteiger partial charge in [-0.15, -0.1) is 0 Å². The maximum absolute atomic E-state index is 10.6. The molecule has 0 aliphatic rings. The first-order chi connectivity index (χ1) is 5.66. The summed E-state index contributed by atoms with van der Waals surface area (Å²) in [6.07, 6.45) is 0. The molecule has 12 heavy (non-hydrogen) atoms. The van der Waals surface area contributed by atoms with Crippen molar-refractivity contribution >= 4 is 23.3 Å². The summed E-state index contributed by atoms with van der Waals surface area (Å²) in [6.45, 7) is 0. The van der Waals surface area contributed by atoms with Gasteiger partial charge in [0.15, 0.2) is 0 Å². The molecular weight excluding hydrogens is 180 g/mol. The molecule has 5 heteroatoms. The zero-order valence-electron chi connectivity index (χ0n) is 6.04. The van der Waals surface area contributed by atoms with Crippen molar-refractivity contribution < 1.29 is 9.90 Å². The van der Waals surface area contributed by atoms with Gasteiger partial charge in [-0.3, -0.25) is 5.84 Å². The monoisotopic (exact) mass is 186 g/mol. The van der Waals surface area contributed by atoms with E-state index >= 15 is 0 Å². The average molecular weight is 187 g/mol. The summed E-state index contributed by atoms with van der Waals surface area (Å²) in [6, 6.07) is 4.64. The van der Waals surface area contributed by atoms with Crippen molar-refractivity contribution in [2.24, 2.45) is 5.84 Å². The number of hydrogen-bond donors (Lipinski definition) is 3. The first kappa shape index (κ1) is 8.83. The Morgan fingerprint density at radius 2 is 2.25 bits per heavy atom. The van der Waals surface area contributed by atoms with E-state index in [1.54, 1.807) is 6.07 Å². The molecule has 64 valence electrons. The largest absolute Gasteiger partial charge is 0.478 e. The summed E-state index contributed by atoms with van der Waals surface area (Å²) >= 11 is 5.63. The highest BCUT2D eigenvalue weighted by atomic mass is 35.5. The number of nitrogens with two attached hydrogens (primary N) is 1. The third kappa shape index (κ3) is 1.49. The predicted molar refractivity (Wildman–Crippen MR) is 46.2 cm³/mol. The van der Waals surface area contributed by atoms with E-state index in [1.165, 1.54) is 12.1 Å². The van der Waals surface area contributed by atoms with Crippen molar-refractivity contribution in [3.05, 3.63) is 28.8 Å². The molecule has 4 nitrogen and oxygen atoms in total. The average Bonchev–Trinajstić information content (AvgIpc) is 2.03. The second-order valence-electron chi connectivity index (χ2n) is 2.11. The van der Waals surface area contributed by atoms with Crippen LogP contribution in [-0.2, 0) is 0 Å². The van der Waals surface area contributed by atoms with E-state index in [-0.39, 0.29) is 10.6 Å². The minimum Gasteiger partial charge on any atom is -0.478 e. The van der Waals surface area contributed by atoms with Crippen LogP contribution in [0.3, 0.4) is 0 Å². The van der Waals surface area contributed by atoms with Crippen LogP contribution in [-0.4, -0.2) is 11.1 Å². The number of hydrazine groups is 1. The van der Waals surface area contributed by atoms with Crippen molar-refractivity contribution in [1.82, 2.24) is 0 Å². The summed E-state index contributed by atoms with van der Waals surface area (Å²) in [4.78, 5) is 10.6. The van der Waals surface area contributed by atoms with Crippen molar-refractivity contribution in [1.29, 1.82) is 0 Å². The molecule has 0 saturated heterocycles. The highest BCUT2D eigenvalue weighted by Crippen LogP contribution is 2.23. The quantitative estimate of drug-likeness (QED) is 0.481. The lowest BCUT2D eigenvalue weighted by molar-refractivity contribution is 0.0698. The molecule has 0 fully saturated rings. The maximum atomic E-state index is 10.6. The number of halogens is 1. The predicted octanol–water partition coefficient (Wildman–Crippen LogP) is 1.32. The van der Waals surface area contributed by atoms with Gasteiger partial charge in [0.05, 0.1) is 10.7 Å². The Morgan fingerprint density at radius 1 is 1.58 bits per heavy atom. The number of aromatic carboxylic acids is 1. The van der Waals surface area contributed by atoms with Gasteiger partial charge in [0, 0.05) is 0 Å². The van der Waals surface area contributed by atoms with Gasteiger partial charge >= 0.3 is 5.97 Å². The van der Waals surface area contributed by atoms with Crippen LogP contribution in [0.25, 0.3) is 0 Å². The van der Waals surface area contributed by atoms with Gasteiger partial charge in [-0.25, -0.2) is 4.79 Å². The summed E-state index contributed by atoms with van der Waals surface area (Å²) < 4.78 is 0. The molecule has 0 heterocycles. The van der Waals surface area contributed by atoms with Crippen LogP contribution >= 0.6 is 11.6 Å². The third-order valence-electron chi connectivity index (χ3n) is 1.38. The molecule has 0 bridgehead atoms. The van der Waals surface area contributed by atoms with Gasteiger partial charge in [-0.2, -0.15) is 0 Å². The highest BCUT2D eigenvalue weighted by Gasteiger charge is 2.12. The number of anilines is 1. The standard InChI is InChI=1S/C7H7ClN2O2/c8-4-2-1-3-5(10-9)6(4)7(11)12/h1-3,10H,9H2,(H,11,12). The Labute approximate surface area is 73.9 Å². The van der Waals surface area contributed by atoms with E-state index in [0.29, 0.717) is 5.69 Å². The summed E-state index contributed by atoms with van der Waals surface area (Å²) in [5, 5.41) is 8.86. The van der Waals surface area contributed by atoms with Gasteiger partial charge in [0.25, 0.3) is 0 Å². The molecular formula is C7H7ClN2O2. The van der Waals surface area contributed by atoms with Gasteiger partial charge in [0.2, 0.25) is 0 Å². The number of nitrogen functional groups attached to an aromatic ring is 1. The molecule has 0 atom stereocenters. The molecule has 0 spiro atoms. The number of rotatable bonds is 2. The molecule has 0 aliphatic heterocycles. The molecule has 4 N–H and O–H groups in total. The Kier molecular flexibility index (Phi) is 2.52. The highest BCUT2D eigenvalue weighted by molar-refractivity contribution is 6.34. The van der Waals surface area contributed by atoms with Crippen LogP contribution in [0.1, 0.15) is 10.4 Å². The molecule has 0 radical (unpaired) electrons. The van der Waals surface area contributed by atoms with Crippen molar-refractivity contribution in [3.8, 4) is 0 Å². The summed E-state index contributed by atoms with van der Waals surface area (Å²) in [7, 11) is 0. The minimum absolute atomic E-state index is 0.0123. The summed E-state index contributed by atoms with van der Waals surface area (Å²) in [5.41, 5.74) is 2.54. The van der Waals surface area contributed by atoms with Crippen LogP contribution in [0.5, 0.6) is 0 Å². The fourth-order valence-electron chi connectivity index (χ4n) is 0.862. The van der Waals surface area contributed by atoms with Crippen LogP contribution in [0.2, 0.25) is 5.02 Å². The van der Waals surface area contributed by atoms with Gasteiger partial charge in [0.1, 0.15) is 5.56 Å². The normalized spacial score (nSPS) is 9.50. The van der Waals surface area contributed by atoms with E-state index in [0.717, 1.165) is 0 Å². The van der Waals surface area contributed by atoms with Crippen molar-refractivity contribution in [2.75, 3.05) is 5.43 Å². The Bertz CT molecular complexity index is 314. The SMILES string of the molecule is NNc1cccc(Cl)c1C(=O)O. The first-order valence-electron chi connectivity index (χ1n) is 3.15. The lowest BCUT2D eigenvalue weighted by Gasteiger charge is -2.05. The smallest absolute Gasteiger partial charge is 0.339 e. The number of carbonyl (C=O) groups is 1. The molecule has 1 aromatic carbocycles. The van der Waals surface area contributed by atoms with Gasteiger partial charge in [-0.1, -0.05) is 17.7 Å². The number of hydrogen-bond acceptors (Lipinski definition) is 3. The van der Waals surface area contributed by atoms with Crippen LogP contribution < -0.4 is 11.3 Å². The molecule has 0 unspecified atom stereocenters.